The van der Waals surface area contributed by atoms with Gasteiger partial charge >= 0.3 is 0 Å². The second-order valence-electron chi connectivity index (χ2n) is 36.4. The molecule has 23 heteroatoms. The number of carbonyl (C=O) groups is 5. The molecular formula is C111H123Cl4N11O8. The standard InChI is InChI=1S/C39H45Cl2N5O2.C37H39ClN2O3.C35H39ClN4O3/c1-23-10-11-28(21-35(23)46-16-14-44(6)15-17-46)42-39(47)33-22-32-31(12-13-34(40)37(32)36-26(4)43-45(7)27(36)5)30(33)9-8-18-48-29-19-24(2)38(41)25(3)20-29;1-22-19-29(20-23(2)37(22)38)43-18-8-11-31-30-9-7-10-32(36-24(3)39-40(6)25(36)4)33(30)21-34(31)35(42)17-14-27-12-15-28(16-13-27)26(5)41;1-21-16-27(17-22(2)34(21)36)43-15-9-13-29-28-11-7-12-30(33-24(4)38-39(6)25(33)5)31(28)18-32(29)35(42)37-19-26-10-8-14-40(26)20-23(3)41/h10-13,19-21H,8-9,14-18,22H2,1-7H3,(H,42,47);7,9-10,12-13,15-16,19-20H,8,11,14,17-18,21H2,1-6H3;7-8,10-12,14,16-17H,9,13,15,18-20H2,1-6H3,(H,37,42). The Balaban J connectivity index is 0.000000162. The van der Waals surface area contributed by atoms with Gasteiger partial charge in [-0.15, -0.1) is 0 Å². The zero-order valence-electron chi connectivity index (χ0n) is 80.8. The minimum Gasteiger partial charge on any atom is -0.494 e. The molecule has 134 heavy (non-hydrogen) atoms. The Morgan fingerprint density at radius 1 is 0.425 bits per heavy atom. The number of aromatic nitrogens is 7. The molecule has 16 rings (SSSR count). The number of halogens is 4. The summed E-state index contributed by atoms with van der Waals surface area (Å²) in [5.41, 5.74) is 36.9. The van der Waals surface area contributed by atoms with E-state index in [-0.39, 0.29) is 35.7 Å². The number of likely N-dealkylation sites (N-methyl/N-ethyl adjacent to an activating group) is 1. The lowest BCUT2D eigenvalue weighted by Gasteiger charge is -2.35. The molecule has 5 heterocycles. The molecule has 0 atom stereocenters. The molecule has 1 fully saturated rings. The van der Waals surface area contributed by atoms with Gasteiger partial charge in [-0.3, -0.25) is 38.0 Å². The second-order valence-corrected chi connectivity index (χ2v) is 38.0. The molecule has 4 aromatic heterocycles. The first-order valence-corrected chi connectivity index (χ1v) is 47.9. The van der Waals surface area contributed by atoms with Crippen LogP contribution in [0, 0.1) is 90.0 Å². The first kappa shape index (κ1) is 98.2. The summed E-state index contributed by atoms with van der Waals surface area (Å²) in [6, 6.07) is 46.2. The number of hydrogen-bond acceptors (Lipinski definition) is 13. The maximum atomic E-state index is 14.3. The third-order valence-electron chi connectivity index (χ3n) is 26.8. The van der Waals surface area contributed by atoms with Gasteiger partial charge in [0.15, 0.2) is 11.6 Å². The maximum absolute atomic E-state index is 14.3. The van der Waals surface area contributed by atoms with E-state index < -0.39 is 0 Å². The van der Waals surface area contributed by atoms with E-state index in [1.165, 1.54) is 16.8 Å². The van der Waals surface area contributed by atoms with Gasteiger partial charge in [0.1, 0.15) is 23.0 Å². The van der Waals surface area contributed by atoms with Gasteiger partial charge in [0.05, 0.1) is 50.0 Å². The van der Waals surface area contributed by atoms with Gasteiger partial charge < -0.3 is 39.2 Å². The van der Waals surface area contributed by atoms with E-state index in [0.29, 0.717) is 81.9 Å². The molecular weight excluding hydrogens is 1760 g/mol. The van der Waals surface area contributed by atoms with Gasteiger partial charge in [-0.1, -0.05) is 119 Å². The number of anilines is 2. The van der Waals surface area contributed by atoms with Crippen LogP contribution in [0.15, 0.2) is 162 Å². The third-order valence-corrected chi connectivity index (χ3v) is 28.9. The van der Waals surface area contributed by atoms with E-state index in [4.69, 9.17) is 60.6 Å². The minimum absolute atomic E-state index is 0.0429. The quantitative estimate of drug-likeness (QED) is 0.0307. The number of nitrogens with one attached hydrogen (secondary N) is 2. The number of benzene rings is 8. The number of amides is 2. The normalized spacial score (nSPS) is 13.4. The fraction of sp³-hybridized carbons (Fsp3) is 0.351. The van der Waals surface area contributed by atoms with E-state index >= 15 is 0 Å². The Labute approximate surface area is 808 Å². The Bertz CT molecular complexity index is 6590. The second kappa shape index (κ2) is 42.8. The van der Waals surface area contributed by atoms with Gasteiger partial charge in [0.25, 0.3) is 5.91 Å². The lowest BCUT2D eigenvalue weighted by molar-refractivity contribution is -0.118. The van der Waals surface area contributed by atoms with Crippen LogP contribution in [0.25, 0.3) is 50.1 Å². The summed E-state index contributed by atoms with van der Waals surface area (Å²) >= 11 is 26.0. The van der Waals surface area contributed by atoms with E-state index in [1.54, 1.807) is 13.8 Å². The highest BCUT2D eigenvalue weighted by molar-refractivity contribution is 6.34. The highest BCUT2D eigenvalue weighted by Crippen LogP contribution is 2.49. The molecule has 3 aliphatic carbocycles. The van der Waals surface area contributed by atoms with Crippen molar-refractivity contribution in [2.75, 3.05) is 63.3 Å². The lowest BCUT2D eigenvalue weighted by Crippen LogP contribution is -2.44. The van der Waals surface area contributed by atoms with Gasteiger partial charge in [-0.2, -0.15) is 15.3 Å². The van der Waals surface area contributed by atoms with Crippen molar-refractivity contribution in [1.82, 2.24) is 44.1 Å². The molecule has 19 nitrogen and oxygen atoms in total. The molecule has 2 amide bonds. The molecule has 0 saturated carbocycles. The number of nitrogens with zero attached hydrogens (tertiary/aromatic N) is 9. The number of allylic oxidation sites excluding steroid dienone is 4. The predicted molar refractivity (Wildman–Crippen MR) is 544 cm³/mol. The molecule has 1 aliphatic heterocycles. The Kier molecular flexibility index (Phi) is 31.4. The van der Waals surface area contributed by atoms with E-state index in [9.17, 15) is 24.0 Å². The molecule has 0 spiro atoms. The number of Topliss-reactive ketones (excluding diaryl/α,β-unsaturated/α-hetero) is 3. The summed E-state index contributed by atoms with van der Waals surface area (Å²) in [5, 5.41) is 23.4. The average molecular weight is 1880 g/mol. The number of fused-ring (bicyclic) bond motifs is 3. The van der Waals surface area contributed by atoms with Crippen molar-refractivity contribution in [3.63, 3.8) is 0 Å². The van der Waals surface area contributed by atoms with Crippen molar-refractivity contribution in [3.05, 3.63) is 306 Å². The molecule has 1 saturated heterocycles. The van der Waals surface area contributed by atoms with Crippen molar-refractivity contribution in [2.45, 2.75) is 188 Å². The van der Waals surface area contributed by atoms with Crippen LogP contribution in [0.2, 0.25) is 20.1 Å². The predicted octanol–water partition coefficient (Wildman–Crippen LogP) is 23.9. The summed E-state index contributed by atoms with van der Waals surface area (Å²) in [4.78, 5) is 70.0. The monoisotopic (exact) mass is 1880 g/mol. The molecule has 0 bridgehead atoms. The fourth-order valence-electron chi connectivity index (χ4n) is 19.5. The van der Waals surface area contributed by atoms with Crippen LogP contribution in [0.4, 0.5) is 11.4 Å². The summed E-state index contributed by atoms with van der Waals surface area (Å²) in [6.45, 7) is 35.7. The van der Waals surface area contributed by atoms with Crippen molar-refractivity contribution in [1.29, 1.82) is 0 Å². The van der Waals surface area contributed by atoms with Crippen molar-refractivity contribution >= 4 is 104 Å². The molecule has 698 valence electrons. The zero-order valence-corrected chi connectivity index (χ0v) is 83.8. The SMILES string of the molecule is CC(=O)Cn1cccc1CNC(=O)C1=C(CCCOc2cc(C)c(Cl)c(C)c2)c2cccc(-c3c(C)nn(C)c3C)c2C1.CC(=O)c1ccc(CCC(=O)C2=C(CCCOc3cc(C)c(Cl)c(C)c3)c3cccc(-c4c(C)nn(C)c4C)c3C2)cc1.Cc1ccc(NC(=O)C2=C(CCCOc3cc(C)c(Cl)c(C)c3)c3ccc(Cl)c(-c4c(C)nn(C)c4C)c3C2)cc1N1CCN(C)CC1. The molecule has 0 radical (unpaired) electrons. The summed E-state index contributed by atoms with van der Waals surface area (Å²) in [6.07, 6.45) is 9.01. The average Bonchev–Trinajstić information content (AvgIpc) is 1.63. The van der Waals surface area contributed by atoms with Crippen LogP contribution in [-0.2, 0) is 79.1 Å². The zero-order chi connectivity index (χ0) is 95.9. The van der Waals surface area contributed by atoms with Gasteiger partial charge in [0.2, 0.25) is 5.91 Å². The summed E-state index contributed by atoms with van der Waals surface area (Å²) < 4.78 is 26.0. The van der Waals surface area contributed by atoms with Gasteiger partial charge in [0, 0.05) is 178 Å². The first-order chi connectivity index (χ1) is 64.0. The van der Waals surface area contributed by atoms with Crippen LogP contribution in [-0.4, -0.2) is 121 Å². The third kappa shape index (κ3) is 21.9. The van der Waals surface area contributed by atoms with Crippen LogP contribution in [0.5, 0.6) is 17.2 Å². The first-order valence-electron chi connectivity index (χ1n) is 46.3. The molecule has 8 aromatic carbocycles. The fourth-order valence-corrected chi connectivity index (χ4v) is 20.1. The van der Waals surface area contributed by atoms with E-state index in [2.05, 4.69) is 125 Å². The van der Waals surface area contributed by atoms with Crippen LogP contribution >= 0.6 is 46.4 Å². The molecule has 0 unspecified atom stereocenters. The molecule has 12 aromatic rings. The number of rotatable bonds is 31. The van der Waals surface area contributed by atoms with E-state index in [1.807, 2.05) is 193 Å². The minimum atomic E-state index is -0.0859. The Morgan fingerprint density at radius 3 is 1.31 bits per heavy atom. The number of aryl methyl sites for hydroxylation is 14. The Hall–Kier alpha value is -11.8. The van der Waals surface area contributed by atoms with Gasteiger partial charge in [-0.05, 0) is 328 Å². The maximum Gasteiger partial charge on any atom is 0.252 e. The largest absolute Gasteiger partial charge is 0.494 e. The smallest absolute Gasteiger partial charge is 0.252 e. The van der Waals surface area contributed by atoms with Crippen LogP contribution in [0.3, 0.4) is 0 Å². The van der Waals surface area contributed by atoms with Crippen molar-refractivity contribution in [3.8, 4) is 50.6 Å². The topological polar surface area (TPSA) is 202 Å². The molecule has 2 N–H and O–H groups in total. The summed E-state index contributed by atoms with van der Waals surface area (Å²) in [7, 11) is 8.05. The van der Waals surface area contributed by atoms with E-state index in [0.717, 1.165) is 263 Å². The lowest BCUT2D eigenvalue weighted by atomic mass is 9.93. The van der Waals surface area contributed by atoms with Gasteiger partial charge in [-0.25, -0.2) is 0 Å². The van der Waals surface area contributed by atoms with Crippen LogP contribution in [0.1, 0.15) is 187 Å². The number of ether oxygens (including phenoxy) is 3. The van der Waals surface area contributed by atoms with Crippen LogP contribution < -0.4 is 29.7 Å². The number of hydrogen-bond donors (Lipinski definition) is 2. The highest BCUT2D eigenvalue weighted by atomic mass is 35.5. The van der Waals surface area contributed by atoms with Crippen molar-refractivity contribution in [2.24, 2.45) is 21.1 Å². The van der Waals surface area contributed by atoms with Crippen molar-refractivity contribution < 1.29 is 38.2 Å². The highest BCUT2D eigenvalue weighted by Gasteiger charge is 2.35. The number of carbonyl (C=O) groups excluding carboxylic acids is 5. The Morgan fingerprint density at radius 2 is 0.858 bits per heavy atom. The number of piperazine rings is 1. The summed E-state index contributed by atoms with van der Waals surface area (Å²) in [5.74, 6) is 2.55. The number of ketones is 3. The molecule has 4 aliphatic rings.